The van der Waals surface area contributed by atoms with E-state index in [-0.39, 0.29) is 0 Å². The predicted octanol–water partition coefficient (Wildman–Crippen LogP) is 3.03. The minimum atomic E-state index is 0.290. The summed E-state index contributed by atoms with van der Waals surface area (Å²) in [7, 11) is 0. The van der Waals surface area contributed by atoms with Gasteiger partial charge < -0.3 is 9.09 Å². The Morgan fingerprint density at radius 2 is 2.40 bits per heavy atom. The van der Waals surface area contributed by atoms with Crippen molar-refractivity contribution in [3.05, 3.63) is 41.1 Å². The number of hydrogen-bond acceptors (Lipinski definition) is 5. The Hall–Kier alpha value is -1.95. The van der Waals surface area contributed by atoms with Crippen LogP contribution in [0.25, 0.3) is 10.7 Å². The molecule has 1 aliphatic rings. The van der Waals surface area contributed by atoms with Crippen molar-refractivity contribution in [2.24, 2.45) is 0 Å². The zero-order chi connectivity index (χ0) is 13.5. The standard InChI is InChI=1S/C14H14N4OS/c1-9-4-7-20-12(9)13-16-14(19-17-13)10-2-3-11-15-5-6-18(11)8-10/h4-7,10H,2-3,8H2,1H3. The Bertz CT molecular complexity index is 742. The Balaban J connectivity index is 1.62. The van der Waals surface area contributed by atoms with Crippen LogP contribution in [0.2, 0.25) is 0 Å². The van der Waals surface area contributed by atoms with Gasteiger partial charge in [-0.25, -0.2) is 4.98 Å². The summed E-state index contributed by atoms with van der Waals surface area (Å²) in [6.07, 6.45) is 5.85. The molecule has 0 aromatic carbocycles. The van der Waals surface area contributed by atoms with Crippen molar-refractivity contribution in [2.45, 2.75) is 32.2 Å². The molecule has 0 aliphatic carbocycles. The molecule has 3 aromatic heterocycles. The molecule has 1 unspecified atom stereocenters. The van der Waals surface area contributed by atoms with Crippen molar-refractivity contribution in [1.82, 2.24) is 19.7 Å². The summed E-state index contributed by atoms with van der Waals surface area (Å²) in [5, 5.41) is 6.19. The third-order valence-electron chi connectivity index (χ3n) is 3.79. The van der Waals surface area contributed by atoms with Gasteiger partial charge in [-0.1, -0.05) is 5.16 Å². The van der Waals surface area contributed by atoms with E-state index in [0.29, 0.717) is 11.7 Å². The number of aryl methyl sites for hydroxylation is 2. The van der Waals surface area contributed by atoms with Gasteiger partial charge in [-0.15, -0.1) is 11.3 Å². The monoisotopic (exact) mass is 286 g/mol. The zero-order valence-corrected chi connectivity index (χ0v) is 11.9. The van der Waals surface area contributed by atoms with Crippen LogP contribution in [-0.4, -0.2) is 19.7 Å². The molecule has 4 rings (SSSR count). The fourth-order valence-corrected chi connectivity index (χ4v) is 3.51. The lowest BCUT2D eigenvalue weighted by molar-refractivity contribution is 0.316. The van der Waals surface area contributed by atoms with Crippen LogP contribution in [0.1, 0.15) is 29.6 Å². The molecule has 0 N–H and O–H groups in total. The molecule has 20 heavy (non-hydrogen) atoms. The molecule has 4 heterocycles. The fraction of sp³-hybridized carbons (Fsp3) is 0.357. The van der Waals surface area contributed by atoms with E-state index in [9.17, 15) is 0 Å². The van der Waals surface area contributed by atoms with Gasteiger partial charge in [0.1, 0.15) is 5.82 Å². The van der Waals surface area contributed by atoms with Gasteiger partial charge in [0.2, 0.25) is 11.7 Å². The molecule has 0 spiro atoms. The summed E-state index contributed by atoms with van der Waals surface area (Å²) in [5.74, 6) is 2.89. The van der Waals surface area contributed by atoms with E-state index in [1.54, 1.807) is 11.3 Å². The van der Waals surface area contributed by atoms with Gasteiger partial charge in [0.15, 0.2) is 0 Å². The summed E-state index contributed by atoms with van der Waals surface area (Å²) < 4.78 is 7.66. The molecule has 1 aliphatic heterocycles. The van der Waals surface area contributed by atoms with E-state index >= 15 is 0 Å². The summed E-state index contributed by atoms with van der Waals surface area (Å²) in [4.78, 5) is 10.0. The van der Waals surface area contributed by atoms with Crippen LogP contribution in [-0.2, 0) is 13.0 Å². The highest BCUT2D eigenvalue weighted by atomic mass is 32.1. The maximum absolute atomic E-state index is 5.49. The quantitative estimate of drug-likeness (QED) is 0.726. The predicted molar refractivity (Wildman–Crippen MR) is 75.6 cm³/mol. The molecule has 102 valence electrons. The number of hydrogen-bond donors (Lipinski definition) is 0. The summed E-state index contributed by atoms with van der Waals surface area (Å²) in [5.41, 5.74) is 1.20. The SMILES string of the molecule is Cc1ccsc1-c1noc(C2CCc3nccn3C2)n1. The lowest BCUT2D eigenvalue weighted by atomic mass is 9.99. The van der Waals surface area contributed by atoms with Crippen LogP contribution in [0, 0.1) is 6.92 Å². The van der Waals surface area contributed by atoms with E-state index in [2.05, 4.69) is 38.1 Å². The number of fused-ring (bicyclic) bond motifs is 1. The van der Waals surface area contributed by atoms with E-state index in [4.69, 9.17) is 4.52 Å². The summed E-state index contributed by atoms with van der Waals surface area (Å²) in [6.45, 7) is 2.95. The molecule has 5 nitrogen and oxygen atoms in total. The molecule has 0 radical (unpaired) electrons. The molecule has 3 aromatic rings. The smallest absolute Gasteiger partial charge is 0.231 e. The van der Waals surface area contributed by atoms with Crippen molar-refractivity contribution in [3.8, 4) is 10.7 Å². The maximum Gasteiger partial charge on any atom is 0.231 e. The molecule has 1 atom stereocenters. The van der Waals surface area contributed by atoms with Crippen molar-refractivity contribution < 1.29 is 4.52 Å². The fourth-order valence-electron chi connectivity index (χ4n) is 2.66. The Kier molecular flexibility index (Phi) is 2.70. The second kappa shape index (κ2) is 4.56. The van der Waals surface area contributed by atoms with Crippen LogP contribution in [0.3, 0.4) is 0 Å². The first-order chi connectivity index (χ1) is 9.81. The first kappa shape index (κ1) is 11.8. The highest BCUT2D eigenvalue weighted by Gasteiger charge is 2.25. The molecule has 0 bridgehead atoms. The van der Waals surface area contributed by atoms with Gasteiger partial charge in [0.25, 0.3) is 0 Å². The van der Waals surface area contributed by atoms with Crippen molar-refractivity contribution in [3.63, 3.8) is 0 Å². The van der Waals surface area contributed by atoms with Gasteiger partial charge in [-0.2, -0.15) is 4.98 Å². The van der Waals surface area contributed by atoms with Gasteiger partial charge in [-0.05, 0) is 30.4 Å². The molecule has 0 amide bonds. The molecule has 0 saturated heterocycles. The van der Waals surface area contributed by atoms with Gasteiger partial charge in [0.05, 0.1) is 10.8 Å². The highest BCUT2D eigenvalue weighted by molar-refractivity contribution is 7.13. The maximum atomic E-state index is 5.49. The second-order valence-electron chi connectivity index (χ2n) is 5.12. The lowest BCUT2D eigenvalue weighted by Crippen LogP contribution is -2.18. The molecule has 6 heteroatoms. The van der Waals surface area contributed by atoms with Crippen molar-refractivity contribution in [2.75, 3.05) is 0 Å². The van der Waals surface area contributed by atoms with E-state index < -0.39 is 0 Å². The van der Waals surface area contributed by atoms with Crippen LogP contribution in [0.15, 0.2) is 28.4 Å². The normalized spacial score (nSPS) is 18.1. The lowest BCUT2D eigenvalue weighted by Gasteiger charge is -2.20. The average Bonchev–Trinajstić information content (AvgIpc) is 3.17. The molecular formula is C14H14N4OS. The topological polar surface area (TPSA) is 56.7 Å². The molecule has 0 saturated carbocycles. The third kappa shape index (κ3) is 1.87. The number of nitrogens with zero attached hydrogens (tertiary/aromatic N) is 4. The van der Waals surface area contributed by atoms with Gasteiger partial charge >= 0.3 is 0 Å². The largest absolute Gasteiger partial charge is 0.339 e. The van der Waals surface area contributed by atoms with E-state index in [1.807, 2.05) is 12.4 Å². The van der Waals surface area contributed by atoms with E-state index in [0.717, 1.165) is 36.0 Å². The van der Waals surface area contributed by atoms with Crippen molar-refractivity contribution in [1.29, 1.82) is 0 Å². The van der Waals surface area contributed by atoms with E-state index in [1.165, 1.54) is 5.56 Å². The van der Waals surface area contributed by atoms with Gasteiger partial charge in [-0.3, -0.25) is 0 Å². The molecule has 0 fully saturated rings. The van der Waals surface area contributed by atoms with Crippen molar-refractivity contribution >= 4 is 11.3 Å². The number of aromatic nitrogens is 4. The number of imidazole rings is 1. The van der Waals surface area contributed by atoms with Gasteiger partial charge in [0, 0.05) is 25.4 Å². The minimum Gasteiger partial charge on any atom is -0.339 e. The Morgan fingerprint density at radius 3 is 3.25 bits per heavy atom. The van der Waals surface area contributed by atoms with Crippen LogP contribution in [0.5, 0.6) is 0 Å². The third-order valence-corrected chi connectivity index (χ3v) is 4.80. The minimum absolute atomic E-state index is 0.290. The average molecular weight is 286 g/mol. The number of thiophene rings is 1. The Labute approximate surface area is 120 Å². The van der Waals surface area contributed by atoms with Crippen LogP contribution < -0.4 is 0 Å². The van der Waals surface area contributed by atoms with Crippen LogP contribution in [0.4, 0.5) is 0 Å². The first-order valence-electron chi connectivity index (χ1n) is 6.69. The highest BCUT2D eigenvalue weighted by Crippen LogP contribution is 2.31. The summed E-state index contributed by atoms with van der Waals surface area (Å²) >= 11 is 1.65. The first-order valence-corrected chi connectivity index (χ1v) is 7.57. The van der Waals surface area contributed by atoms with Crippen LogP contribution >= 0.6 is 11.3 Å². The summed E-state index contributed by atoms with van der Waals surface area (Å²) in [6, 6.07) is 2.08. The number of rotatable bonds is 2. The zero-order valence-electron chi connectivity index (χ0n) is 11.1. The Morgan fingerprint density at radius 1 is 1.45 bits per heavy atom. The molecular weight excluding hydrogens is 272 g/mol. The second-order valence-corrected chi connectivity index (χ2v) is 6.04.